The van der Waals surface area contributed by atoms with Gasteiger partial charge in [-0.05, 0) is 61.5 Å². The van der Waals surface area contributed by atoms with Crippen molar-refractivity contribution in [2.45, 2.75) is 17.7 Å². The van der Waals surface area contributed by atoms with Crippen LogP contribution in [0.2, 0.25) is 0 Å². The van der Waals surface area contributed by atoms with Crippen LogP contribution in [0.25, 0.3) is 0 Å². The number of sulfonamides is 1. The lowest BCUT2D eigenvalue weighted by Crippen LogP contribution is -2.34. The van der Waals surface area contributed by atoms with Crippen LogP contribution in [0.4, 0.5) is 5.69 Å². The molecule has 11 heteroatoms. The molecule has 1 amide bonds. The number of methoxy groups -OCH3 is 3. The number of thiocarbonyl (C=S) groups is 1. The molecule has 2 aromatic rings. The lowest BCUT2D eigenvalue weighted by Gasteiger charge is -2.16. The number of ether oxygens (including phenoxy) is 3. The van der Waals surface area contributed by atoms with Gasteiger partial charge in [0.2, 0.25) is 15.8 Å². The van der Waals surface area contributed by atoms with Crippen molar-refractivity contribution < 1.29 is 27.4 Å². The van der Waals surface area contributed by atoms with Gasteiger partial charge in [0, 0.05) is 24.3 Å². The average Bonchev–Trinajstić information content (AvgIpc) is 3.34. The molecule has 1 aliphatic rings. The van der Waals surface area contributed by atoms with Gasteiger partial charge in [-0.1, -0.05) is 0 Å². The minimum atomic E-state index is -3.49. The first-order valence-electron chi connectivity index (χ1n) is 9.82. The Morgan fingerprint density at radius 3 is 2.03 bits per heavy atom. The molecule has 0 unspecified atom stereocenters. The maximum Gasteiger partial charge on any atom is 0.257 e. The molecular weight excluding hydrogens is 454 g/mol. The fourth-order valence-electron chi connectivity index (χ4n) is 3.34. The third kappa shape index (κ3) is 5.12. The van der Waals surface area contributed by atoms with Crippen molar-refractivity contribution in [2.75, 3.05) is 39.7 Å². The summed E-state index contributed by atoms with van der Waals surface area (Å²) in [6.45, 7) is 1.08. The van der Waals surface area contributed by atoms with Gasteiger partial charge in [-0.15, -0.1) is 0 Å². The van der Waals surface area contributed by atoms with E-state index in [2.05, 4.69) is 10.6 Å². The van der Waals surface area contributed by atoms with Crippen LogP contribution < -0.4 is 24.8 Å². The first-order chi connectivity index (χ1) is 15.3. The minimum Gasteiger partial charge on any atom is -0.493 e. The topological polar surface area (TPSA) is 106 Å². The number of benzene rings is 2. The van der Waals surface area contributed by atoms with Crippen LogP contribution in [-0.2, 0) is 10.0 Å². The standard InChI is InChI=1S/C21H25N3O6S2/c1-28-17-12-14(13-18(29-2)19(17)30-3)20(25)23-21(31)22-15-6-8-16(9-7-15)32(26,27)24-10-4-5-11-24/h6-9,12-13H,4-5,10-11H2,1-3H3,(H2,22,23,25,31). The van der Waals surface area contributed by atoms with Crippen molar-refractivity contribution >= 4 is 38.9 Å². The molecule has 3 rings (SSSR count). The summed E-state index contributed by atoms with van der Waals surface area (Å²) in [5.74, 6) is 0.572. The number of carbonyl (C=O) groups excluding carboxylic acids is 1. The van der Waals surface area contributed by atoms with Crippen molar-refractivity contribution in [3.05, 3.63) is 42.0 Å². The van der Waals surface area contributed by atoms with Gasteiger partial charge in [0.1, 0.15) is 0 Å². The second-order valence-electron chi connectivity index (χ2n) is 6.96. The van der Waals surface area contributed by atoms with E-state index >= 15 is 0 Å². The second kappa shape index (κ2) is 10.2. The first-order valence-corrected chi connectivity index (χ1v) is 11.7. The number of hydrogen-bond donors (Lipinski definition) is 2. The maximum absolute atomic E-state index is 12.6. The molecule has 2 N–H and O–H groups in total. The zero-order valence-corrected chi connectivity index (χ0v) is 19.6. The van der Waals surface area contributed by atoms with Crippen molar-refractivity contribution in [3.8, 4) is 17.2 Å². The fraction of sp³-hybridized carbons (Fsp3) is 0.333. The van der Waals surface area contributed by atoms with E-state index in [4.69, 9.17) is 26.4 Å². The Bertz CT molecular complexity index is 1070. The molecule has 0 aliphatic carbocycles. The number of nitrogens with one attached hydrogen (secondary N) is 2. The summed E-state index contributed by atoms with van der Waals surface area (Å²) in [6.07, 6.45) is 1.75. The van der Waals surface area contributed by atoms with Crippen LogP contribution in [0.5, 0.6) is 17.2 Å². The van der Waals surface area contributed by atoms with E-state index in [1.54, 1.807) is 12.1 Å². The SMILES string of the molecule is COc1cc(C(=O)NC(=S)Nc2ccc(S(=O)(=O)N3CCCC3)cc2)cc(OC)c1OC. The van der Waals surface area contributed by atoms with Crippen LogP contribution in [0.3, 0.4) is 0 Å². The molecule has 0 saturated carbocycles. The zero-order chi connectivity index (χ0) is 23.3. The number of carbonyl (C=O) groups is 1. The van der Waals surface area contributed by atoms with E-state index in [0.29, 0.717) is 36.0 Å². The van der Waals surface area contributed by atoms with Gasteiger partial charge in [-0.3, -0.25) is 10.1 Å². The quantitative estimate of drug-likeness (QED) is 0.584. The van der Waals surface area contributed by atoms with Crippen LogP contribution in [0.15, 0.2) is 41.3 Å². The van der Waals surface area contributed by atoms with Crippen molar-refractivity contribution in [3.63, 3.8) is 0 Å². The fourth-order valence-corrected chi connectivity index (χ4v) is 5.07. The van der Waals surface area contributed by atoms with Crippen molar-refractivity contribution in [2.24, 2.45) is 0 Å². The summed E-state index contributed by atoms with van der Waals surface area (Å²) >= 11 is 5.22. The normalized spacial score (nSPS) is 14.0. The Morgan fingerprint density at radius 2 is 1.53 bits per heavy atom. The van der Waals surface area contributed by atoms with Gasteiger partial charge in [0.15, 0.2) is 16.6 Å². The van der Waals surface area contributed by atoms with E-state index in [-0.39, 0.29) is 15.6 Å². The summed E-state index contributed by atoms with van der Waals surface area (Å²) in [6, 6.07) is 9.25. The van der Waals surface area contributed by atoms with Crippen LogP contribution >= 0.6 is 12.2 Å². The molecule has 0 radical (unpaired) electrons. The maximum atomic E-state index is 12.6. The molecule has 0 atom stereocenters. The van der Waals surface area contributed by atoms with Crippen molar-refractivity contribution in [1.82, 2.24) is 9.62 Å². The Labute approximate surface area is 192 Å². The van der Waals surface area contributed by atoms with E-state index in [9.17, 15) is 13.2 Å². The second-order valence-corrected chi connectivity index (χ2v) is 9.30. The van der Waals surface area contributed by atoms with Crippen LogP contribution in [0.1, 0.15) is 23.2 Å². The van der Waals surface area contributed by atoms with Crippen LogP contribution in [0, 0.1) is 0 Å². The summed E-state index contributed by atoms with van der Waals surface area (Å²) in [7, 11) is 0.898. The summed E-state index contributed by atoms with van der Waals surface area (Å²) in [5, 5.41) is 5.51. The number of nitrogens with zero attached hydrogens (tertiary/aromatic N) is 1. The average molecular weight is 480 g/mol. The summed E-state index contributed by atoms with van der Waals surface area (Å²) in [4.78, 5) is 12.9. The first kappa shape index (κ1) is 23.8. The largest absolute Gasteiger partial charge is 0.493 e. The molecule has 0 spiro atoms. The Kier molecular flexibility index (Phi) is 7.54. The highest BCUT2D eigenvalue weighted by molar-refractivity contribution is 7.89. The molecule has 0 bridgehead atoms. The monoisotopic (exact) mass is 479 g/mol. The van der Waals surface area contributed by atoms with Gasteiger partial charge >= 0.3 is 0 Å². The van der Waals surface area contributed by atoms with E-state index in [0.717, 1.165) is 12.8 Å². The number of rotatable bonds is 7. The van der Waals surface area contributed by atoms with Gasteiger partial charge in [0.05, 0.1) is 26.2 Å². The molecule has 9 nitrogen and oxygen atoms in total. The molecule has 1 fully saturated rings. The highest BCUT2D eigenvalue weighted by Crippen LogP contribution is 2.38. The lowest BCUT2D eigenvalue weighted by molar-refractivity contribution is 0.0977. The molecule has 2 aromatic carbocycles. The van der Waals surface area contributed by atoms with E-state index < -0.39 is 15.9 Å². The molecule has 1 aliphatic heterocycles. The third-order valence-corrected chi connectivity index (χ3v) is 7.09. The highest BCUT2D eigenvalue weighted by Gasteiger charge is 2.27. The third-order valence-electron chi connectivity index (χ3n) is 4.97. The predicted octanol–water partition coefficient (Wildman–Crippen LogP) is 2.62. The van der Waals surface area contributed by atoms with Gasteiger partial charge in [0.25, 0.3) is 5.91 Å². The van der Waals surface area contributed by atoms with Gasteiger partial charge in [-0.2, -0.15) is 4.31 Å². The number of amides is 1. The molecular formula is C21H25N3O6S2. The molecule has 172 valence electrons. The van der Waals surface area contributed by atoms with E-state index in [1.807, 2.05) is 0 Å². The van der Waals surface area contributed by atoms with Crippen LogP contribution in [-0.4, -0.2) is 58.2 Å². The van der Waals surface area contributed by atoms with Gasteiger partial charge in [-0.25, -0.2) is 8.42 Å². The Morgan fingerprint density at radius 1 is 0.969 bits per heavy atom. The zero-order valence-electron chi connectivity index (χ0n) is 18.0. The number of anilines is 1. The summed E-state index contributed by atoms with van der Waals surface area (Å²) in [5.41, 5.74) is 0.802. The minimum absolute atomic E-state index is 0.0545. The molecule has 0 aromatic heterocycles. The number of hydrogen-bond acceptors (Lipinski definition) is 7. The molecule has 1 saturated heterocycles. The predicted molar refractivity (Wildman–Crippen MR) is 124 cm³/mol. The summed E-state index contributed by atoms with van der Waals surface area (Å²) < 4.78 is 42.5. The molecule has 32 heavy (non-hydrogen) atoms. The van der Waals surface area contributed by atoms with Gasteiger partial charge < -0.3 is 19.5 Å². The smallest absolute Gasteiger partial charge is 0.257 e. The molecule has 1 heterocycles. The Hall–Kier alpha value is -2.89. The lowest BCUT2D eigenvalue weighted by atomic mass is 10.1. The Balaban J connectivity index is 1.67. The highest BCUT2D eigenvalue weighted by atomic mass is 32.2. The van der Waals surface area contributed by atoms with Crippen molar-refractivity contribution in [1.29, 1.82) is 0 Å². The van der Waals surface area contributed by atoms with E-state index in [1.165, 1.54) is 49.9 Å².